The summed E-state index contributed by atoms with van der Waals surface area (Å²) in [5.41, 5.74) is 2.57. The van der Waals surface area contributed by atoms with Crippen LogP contribution in [-0.2, 0) is 0 Å². The molecule has 0 unspecified atom stereocenters. The molecule has 5 nitrogen and oxygen atoms in total. The fourth-order valence-electron chi connectivity index (χ4n) is 2.79. The largest absolute Gasteiger partial charge is 0.341 e. The third-order valence-electron chi connectivity index (χ3n) is 4.05. The van der Waals surface area contributed by atoms with Crippen molar-refractivity contribution < 1.29 is 4.79 Å². The number of nitrogens with zero attached hydrogens (tertiary/aromatic N) is 3. The van der Waals surface area contributed by atoms with E-state index in [0.717, 1.165) is 36.2 Å². The Labute approximate surface area is 136 Å². The Hall–Kier alpha value is -2.43. The number of carbonyl (C=O) groups is 1. The quantitative estimate of drug-likeness (QED) is 0.872. The number of rotatable bonds is 4. The molecule has 0 atom stereocenters. The number of ketones is 1. The summed E-state index contributed by atoms with van der Waals surface area (Å²) in [4.78, 5) is 22.8. The van der Waals surface area contributed by atoms with Gasteiger partial charge in [0.25, 0.3) is 0 Å². The van der Waals surface area contributed by atoms with E-state index in [9.17, 15) is 4.79 Å². The fraction of sp³-hybridized carbons (Fsp3) is 0.389. The predicted molar refractivity (Wildman–Crippen MR) is 92.6 cm³/mol. The first-order valence-corrected chi connectivity index (χ1v) is 8.10. The molecule has 1 aromatic heterocycles. The lowest BCUT2D eigenvalue weighted by Crippen LogP contribution is -2.31. The van der Waals surface area contributed by atoms with E-state index in [1.165, 1.54) is 19.3 Å². The van der Waals surface area contributed by atoms with E-state index in [-0.39, 0.29) is 5.78 Å². The van der Waals surface area contributed by atoms with Crippen molar-refractivity contribution >= 4 is 23.2 Å². The van der Waals surface area contributed by atoms with Gasteiger partial charge in [-0.3, -0.25) is 4.79 Å². The summed E-state index contributed by atoms with van der Waals surface area (Å²) in [7, 11) is 0. The van der Waals surface area contributed by atoms with Crippen LogP contribution in [-0.4, -0.2) is 28.8 Å². The fourth-order valence-corrected chi connectivity index (χ4v) is 2.79. The average molecular weight is 310 g/mol. The highest BCUT2D eigenvalue weighted by Gasteiger charge is 2.14. The number of aryl methyl sites for hydroxylation is 1. The summed E-state index contributed by atoms with van der Waals surface area (Å²) in [5.74, 6) is 1.66. The number of aromatic nitrogens is 2. The van der Waals surface area contributed by atoms with E-state index in [2.05, 4.69) is 20.2 Å². The molecule has 0 radical (unpaired) electrons. The highest BCUT2D eigenvalue weighted by Crippen LogP contribution is 2.21. The van der Waals surface area contributed by atoms with Crippen LogP contribution in [0.15, 0.2) is 30.3 Å². The van der Waals surface area contributed by atoms with Crippen LogP contribution in [0.2, 0.25) is 0 Å². The summed E-state index contributed by atoms with van der Waals surface area (Å²) in [6.07, 6.45) is 3.69. The second-order valence-electron chi connectivity index (χ2n) is 6.00. The van der Waals surface area contributed by atoms with Crippen LogP contribution >= 0.6 is 0 Å². The van der Waals surface area contributed by atoms with Gasteiger partial charge in [-0.2, -0.15) is 4.98 Å². The van der Waals surface area contributed by atoms with E-state index < -0.39 is 0 Å². The van der Waals surface area contributed by atoms with Gasteiger partial charge >= 0.3 is 0 Å². The predicted octanol–water partition coefficient (Wildman–Crippen LogP) is 3.72. The van der Waals surface area contributed by atoms with E-state index in [1.807, 2.05) is 37.3 Å². The maximum absolute atomic E-state index is 11.3. The third-order valence-corrected chi connectivity index (χ3v) is 4.05. The molecule has 120 valence electrons. The van der Waals surface area contributed by atoms with Gasteiger partial charge in [0.05, 0.1) is 0 Å². The molecule has 1 aliphatic heterocycles. The Morgan fingerprint density at radius 3 is 2.43 bits per heavy atom. The number of Topliss-reactive ketones (excluding diaryl/α,β-unsaturated/α-hetero) is 1. The molecule has 1 fully saturated rings. The van der Waals surface area contributed by atoms with Gasteiger partial charge in [0.2, 0.25) is 5.95 Å². The van der Waals surface area contributed by atoms with Gasteiger partial charge in [0.15, 0.2) is 5.78 Å². The maximum Gasteiger partial charge on any atom is 0.227 e. The molecule has 2 heterocycles. The Morgan fingerprint density at radius 2 is 1.78 bits per heavy atom. The minimum Gasteiger partial charge on any atom is -0.341 e. The van der Waals surface area contributed by atoms with E-state index in [0.29, 0.717) is 5.56 Å². The number of hydrogen-bond acceptors (Lipinski definition) is 5. The second kappa shape index (κ2) is 6.77. The van der Waals surface area contributed by atoms with Crippen molar-refractivity contribution in [1.82, 2.24) is 9.97 Å². The van der Waals surface area contributed by atoms with Crippen LogP contribution in [0.3, 0.4) is 0 Å². The lowest BCUT2D eigenvalue weighted by atomic mass is 10.1. The van der Waals surface area contributed by atoms with Gasteiger partial charge in [-0.25, -0.2) is 4.98 Å². The molecule has 0 bridgehead atoms. The SMILES string of the molecule is CC(=O)c1ccc(Nc2cc(C)nc(N3CCCCC3)n2)cc1. The summed E-state index contributed by atoms with van der Waals surface area (Å²) >= 11 is 0. The molecule has 5 heteroatoms. The van der Waals surface area contributed by atoms with Crippen LogP contribution in [0.4, 0.5) is 17.5 Å². The molecule has 23 heavy (non-hydrogen) atoms. The molecule has 0 saturated carbocycles. The smallest absolute Gasteiger partial charge is 0.227 e. The van der Waals surface area contributed by atoms with Crippen LogP contribution in [0, 0.1) is 6.92 Å². The number of hydrogen-bond donors (Lipinski definition) is 1. The van der Waals surface area contributed by atoms with Crippen molar-refractivity contribution in [2.24, 2.45) is 0 Å². The average Bonchev–Trinajstić information content (AvgIpc) is 2.55. The highest BCUT2D eigenvalue weighted by molar-refractivity contribution is 5.94. The third kappa shape index (κ3) is 3.86. The van der Waals surface area contributed by atoms with Gasteiger partial charge < -0.3 is 10.2 Å². The van der Waals surface area contributed by atoms with Crippen LogP contribution in [0.25, 0.3) is 0 Å². The number of nitrogens with one attached hydrogen (secondary N) is 1. The monoisotopic (exact) mass is 310 g/mol. The zero-order chi connectivity index (χ0) is 16.2. The number of anilines is 3. The standard InChI is InChI=1S/C18H22N4O/c1-13-12-17(20-16-8-6-15(7-9-16)14(2)23)21-18(19-13)22-10-4-3-5-11-22/h6-9,12H,3-5,10-11H2,1-2H3,(H,19,20,21). The van der Waals surface area contributed by atoms with Gasteiger partial charge in [0.1, 0.15) is 5.82 Å². The normalized spacial score (nSPS) is 14.6. The molecular weight excluding hydrogens is 288 g/mol. The maximum atomic E-state index is 11.3. The van der Waals surface area contributed by atoms with Crippen molar-refractivity contribution in [3.05, 3.63) is 41.6 Å². The molecule has 0 spiro atoms. The summed E-state index contributed by atoms with van der Waals surface area (Å²) in [6, 6.07) is 9.38. The highest BCUT2D eigenvalue weighted by atomic mass is 16.1. The van der Waals surface area contributed by atoms with Gasteiger partial charge in [-0.05, 0) is 57.4 Å². The molecule has 2 aromatic rings. The van der Waals surface area contributed by atoms with Crippen molar-refractivity contribution in [1.29, 1.82) is 0 Å². The molecule has 0 aliphatic carbocycles. The molecule has 1 N–H and O–H groups in total. The van der Waals surface area contributed by atoms with E-state index >= 15 is 0 Å². The summed E-state index contributed by atoms with van der Waals surface area (Å²) < 4.78 is 0. The lowest BCUT2D eigenvalue weighted by molar-refractivity contribution is 0.101. The number of piperidine rings is 1. The minimum atomic E-state index is 0.0711. The minimum absolute atomic E-state index is 0.0711. The summed E-state index contributed by atoms with van der Waals surface area (Å²) in [6.45, 7) is 5.60. The number of benzene rings is 1. The van der Waals surface area contributed by atoms with Gasteiger partial charge in [0, 0.05) is 36.1 Å². The molecule has 1 aromatic carbocycles. The molecule has 1 aliphatic rings. The van der Waals surface area contributed by atoms with Gasteiger partial charge in [-0.15, -0.1) is 0 Å². The first-order chi connectivity index (χ1) is 11.1. The van der Waals surface area contributed by atoms with E-state index in [4.69, 9.17) is 0 Å². The van der Waals surface area contributed by atoms with Crippen molar-refractivity contribution in [2.45, 2.75) is 33.1 Å². The van der Waals surface area contributed by atoms with Crippen molar-refractivity contribution in [3.8, 4) is 0 Å². The zero-order valence-corrected chi connectivity index (χ0v) is 13.7. The summed E-state index contributed by atoms with van der Waals surface area (Å²) in [5, 5.41) is 3.30. The zero-order valence-electron chi connectivity index (χ0n) is 13.7. The van der Waals surface area contributed by atoms with Crippen LogP contribution in [0.1, 0.15) is 42.2 Å². The first kappa shape index (κ1) is 15.5. The Morgan fingerprint density at radius 1 is 1.09 bits per heavy atom. The number of carbonyl (C=O) groups excluding carboxylic acids is 1. The van der Waals surface area contributed by atoms with Crippen LogP contribution in [0.5, 0.6) is 0 Å². The van der Waals surface area contributed by atoms with Gasteiger partial charge in [-0.1, -0.05) is 0 Å². The molecular formula is C18H22N4O. The van der Waals surface area contributed by atoms with Crippen molar-refractivity contribution in [3.63, 3.8) is 0 Å². The lowest BCUT2D eigenvalue weighted by Gasteiger charge is -2.27. The Kier molecular flexibility index (Phi) is 4.55. The Bertz CT molecular complexity index is 691. The molecule has 3 rings (SSSR count). The van der Waals surface area contributed by atoms with E-state index in [1.54, 1.807) is 6.92 Å². The molecule has 0 amide bonds. The van der Waals surface area contributed by atoms with Crippen molar-refractivity contribution in [2.75, 3.05) is 23.3 Å². The van der Waals surface area contributed by atoms with Crippen LogP contribution < -0.4 is 10.2 Å². The second-order valence-corrected chi connectivity index (χ2v) is 6.00. The first-order valence-electron chi connectivity index (χ1n) is 8.10. The topological polar surface area (TPSA) is 58.1 Å². The Balaban J connectivity index is 1.79. The molecule has 1 saturated heterocycles.